The van der Waals surface area contributed by atoms with Crippen molar-refractivity contribution in [3.05, 3.63) is 25.0 Å². The lowest BCUT2D eigenvalue weighted by atomic mass is 10.4. The molecule has 0 aromatic carbocycles. The smallest absolute Gasteiger partial charge is 0.228 e. The van der Waals surface area contributed by atoms with Gasteiger partial charge in [0.05, 0.1) is 0 Å². The van der Waals surface area contributed by atoms with Crippen molar-refractivity contribution in [3.63, 3.8) is 0 Å². The third-order valence-electron chi connectivity index (χ3n) is 2.51. The SMILES string of the molecule is O=C(Nc1cc(-n2cncn2)ncn1)C1CC1. The second-order valence-corrected chi connectivity index (χ2v) is 3.87. The summed E-state index contributed by atoms with van der Waals surface area (Å²) in [4.78, 5) is 23.4. The first-order chi connectivity index (χ1) is 8.33. The van der Waals surface area contributed by atoms with Crippen molar-refractivity contribution in [1.29, 1.82) is 0 Å². The van der Waals surface area contributed by atoms with E-state index in [9.17, 15) is 4.79 Å². The van der Waals surface area contributed by atoms with Gasteiger partial charge in [-0.3, -0.25) is 4.79 Å². The van der Waals surface area contributed by atoms with Crippen molar-refractivity contribution in [2.45, 2.75) is 12.8 Å². The van der Waals surface area contributed by atoms with Crippen LogP contribution < -0.4 is 5.32 Å². The van der Waals surface area contributed by atoms with Crippen LogP contribution in [0.25, 0.3) is 5.82 Å². The molecule has 1 aliphatic rings. The fraction of sp³-hybridized carbons (Fsp3) is 0.300. The van der Waals surface area contributed by atoms with Crippen LogP contribution in [-0.4, -0.2) is 30.6 Å². The number of rotatable bonds is 3. The molecule has 0 bridgehead atoms. The summed E-state index contributed by atoms with van der Waals surface area (Å²) in [7, 11) is 0. The third kappa shape index (κ3) is 2.12. The molecule has 1 N–H and O–H groups in total. The van der Waals surface area contributed by atoms with Gasteiger partial charge in [0.15, 0.2) is 5.82 Å². The van der Waals surface area contributed by atoms with Gasteiger partial charge in [-0.25, -0.2) is 19.6 Å². The van der Waals surface area contributed by atoms with Gasteiger partial charge >= 0.3 is 0 Å². The molecular formula is C10H10N6O. The van der Waals surface area contributed by atoms with Gasteiger partial charge in [-0.1, -0.05) is 0 Å². The summed E-state index contributed by atoms with van der Waals surface area (Å²) in [5.41, 5.74) is 0. The van der Waals surface area contributed by atoms with Crippen molar-refractivity contribution < 1.29 is 4.79 Å². The number of hydrogen-bond acceptors (Lipinski definition) is 5. The minimum atomic E-state index is 0.0215. The second-order valence-electron chi connectivity index (χ2n) is 3.87. The molecule has 3 rings (SSSR count). The highest BCUT2D eigenvalue weighted by Crippen LogP contribution is 2.29. The van der Waals surface area contributed by atoms with E-state index >= 15 is 0 Å². The number of carbonyl (C=O) groups excluding carboxylic acids is 1. The van der Waals surface area contributed by atoms with Gasteiger partial charge in [-0.2, -0.15) is 5.10 Å². The molecule has 7 heteroatoms. The predicted octanol–water partition coefficient (Wildman–Crippen LogP) is 0.406. The summed E-state index contributed by atoms with van der Waals surface area (Å²) in [5.74, 6) is 1.24. The summed E-state index contributed by atoms with van der Waals surface area (Å²) in [6.45, 7) is 0. The summed E-state index contributed by atoms with van der Waals surface area (Å²) in [6, 6.07) is 1.66. The summed E-state index contributed by atoms with van der Waals surface area (Å²) < 4.78 is 1.51. The molecule has 0 radical (unpaired) electrons. The van der Waals surface area contributed by atoms with E-state index in [0.29, 0.717) is 11.6 Å². The van der Waals surface area contributed by atoms with Crippen LogP contribution in [0, 0.1) is 5.92 Å². The zero-order chi connectivity index (χ0) is 11.7. The molecule has 0 atom stereocenters. The Labute approximate surface area is 96.9 Å². The van der Waals surface area contributed by atoms with Gasteiger partial charge in [0.1, 0.15) is 24.8 Å². The molecule has 0 unspecified atom stereocenters. The van der Waals surface area contributed by atoms with Crippen LogP contribution in [0.3, 0.4) is 0 Å². The van der Waals surface area contributed by atoms with E-state index in [2.05, 4.69) is 25.4 Å². The van der Waals surface area contributed by atoms with Gasteiger partial charge in [-0.15, -0.1) is 0 Å². The van der Waals surface area contributed by atoms with Crippen molar-refractivity contribution in [3.8, 4) is 5.82 Å². The van der Waals surface area contributed by atoms with E-state index in [4.69, 9.17) is 0 Å². The molecule has 1 amide bonds. The summed E-state index contributed by atoms with van der Waals surface area (Å²) >= 11 is 0. The average molecular weight is 230 g/mol. The number of hydrogen-bond donors (Lipinski definition) is 1. The van der Waals surface area contributed by atoms with Crippen LogP contribution in [0.15, 0.2) is 25.0 Å². The fourth-order valence-corrected chi connectivity index (χ4v) is 1.44. The van der Waals surface area contributed by atoms with E-state index in [1.165, 1.54) is 23.7 Å². The van der Waals surface area contributed by atoms with E-state index < -0.39 is 0 Å². The van der Waals surface area contributed by atoms with Crippen LogP contribution in [-0.2, 0) is 4.79 Å². The monoisotopic (exact) mass is 230 g/mol. The Kier molecular flexibility index (Phi) is 2.28. The van der Waals surface area contributed by atoms with Gasteiger partial charge in [0.25, 0.3) is 0 Å². The molecule has 1 aliphatic carbocycles. The van der Waals surface area contributed by atoms with E-state index in [1.807, 2.05) is 0 Å². The number of nitrogens with zero attached hydrogens (tertiary/aromatic N) is 5. The molecule has 0 spiro atoms. The first-order valence-corrected chi connectivity index (χ1v) is 5.31. The van der Waals surface area contributed by atoms with Crippen LogP contribution in [0.5, 0.6) is 0 Å². The number of nitrogens with one attached hydrogen (secondary N) is 1. The van der Waals surface area contributed by atoms with Gasteiger partial charge in [0.2, 0.25) is 5.91 Å². The molecule has 0 saturated heterocycles. The van der Waals surface area contributed by atoms with E-state index in [-0.39, 0.29) is 11.8 Å². The van der Waals surface area contributed by atoms with Crippen LogP contribution in [0.4, 0.5) is 5.82 Å². The minimum Gasteiger partial charge on any atom is -0.310 e. The molecule has 0 aliphatic heterocycles. The van der Waals surface area contributed by atoms with E-state index in [1.54, 1.807) is 6.07 Å². The summed E-state index contributed by atoms with van der Waals surface area (Å²) in [6.07, 6.45) is 6.28. The average Bonchev–Trinajstić information content (AvgIpc) is 3.05. The highest BCUT2D eigenvalue weighted by atomic mass is 16.2. The molecule has 1 fully saturated rings. The molecule has 2 aromatic heterocycles. The van der Waals surface area contributed by atoms with Crippen molar-refractivity contribution in [2.75, 3.05) is 5.32 Å². The Morgan fingerprint density at radius 2 is 2.24 bits per heavy atom. The van der Waals surface area contributed by atoms with Crippen molar-refractivity contribution in [2.24, 2.45) is 5.92 Å². The van der Waals surface area contributed by atoms with Crippen molar-refractivity contribution >= 4 is 11.7 Å². The number of aromatic nitrogens is 5. The zero-order valence-electron chi connectivity index (χ0n) is 8.95. The molecule has 1 saturated carbocycles. The first kappa shape index (κ1) is 9.88. The lowest BCUT2D eigenvalue weighted by Crippen LogP contribution is -2.15. The van der Waals surface area contributed by atoms with Crippen LogP contribution in [0.2, 0.25) is 0 Å². The van der Waals surface area contributed by atoms with Crippen molar-refractivity contribution in [1.82, 2.24) is 24.7 Å². The quantitative estimate of drug-likeness (QED) is 0.825. The predicted molar refractivity (Wildman–Crippen MR) is 58.3 cm³/mol. The maximum Gasteiger partial charge on any atom is 0.228 e. The van der Waals surface area contributed by atoms with Gasteiger partial charge in [0, 0.05) is 12.0 Å². The highest BCUT2D eigenvalue weighted by Gasteiger charge is 2.29. The Balaban J connectivity index is 1.81. The van der Waals surface area contributed by atoms with Crippen LogP contribution >= 0.6 is 0 Å². The van der Waals surface area contributed by atoms with Gasteiger partial charge < -0.3 is 5.32 Å². The Bertz CT molecular complexity index is 533. The van der Waals surface area contributed by atoms with E-state index in [0.717, 1.165) is 12.8 Å². The minimum absolute atomic E-state index is 0.0215. The Hall–Kier alpha value is -2.31. The summed E-state index contributed by atoms with van der Waals surface area (Å²) in [5, 5.41) is 6.71. The largest absolute Gasteiger partial charge is 0.310 e. The maximum absolute atomic E-state index is 11.6. The van der Waals surface area contributed by atoms with Crippen LogP contribution in [0.1, 0.15) is 12.8 Å². The molecular weight excluding hydrogens is 220 g/mol. The molecule has 86 valence electrons. The Morgan fingerprint density at radius 3 is 2.94 bits per heavy atom. The first-order valence-electron chi connectivity index (χ1n) is 5.31. The normalized spacial score (nSPS) is 14.6. The fourth-order valence-electron chi connectivity index (χ4n) is 1.44. The second kappa shape index (κ2) is 3.93. The molecule has 2 aromatic rings. The molecule has 2 heterocycles. The highest BCUT2D eigenvalue weighted by molar-refractivity contribution is 5.93. The maximum atomic E-state index is 11.6. The molecule has 7 nitrogen and oxygen atoms in total. The lowest BCUT2D eigenvalue weighted by molar-refractivity contribution is -0.117. The topological polar surface area (TPSA) is 85.6 Å². The number of amides is 1. The number of carbonyl (C=O) groups is 1. The third-order valence-corrected chi connectivity index (χ3v) is 2.51. The zero-order valence-corrected chi connectivity index (χ0v) is 8.95. The lowest BCUT2D eigenvalue weighted by Gasteiger charge is -2.04. The molecule has 17 heavy (non-hydrogen) atoms. The standard InChI is InChI=1S/C10H10N6O/c17-10(7-1-2-7)15-8-3-9(13-5-12-8)16-6-11-4-14-16/h3-7H,1-2H2,(H,12,13,15,17). The van der Waals surface area contributed by atoms with Gasteiger partial charge in [-0.05, 0) is 12.8 Å². The number of anilines is 1. The Morgan fingerprint density at radius 1 is 1.35 bits per heavy atom.